The van der Waals surface area contributed by atoms with Crippen LogP contribution in [-0.4, -0.2) is 24.6 Å². The Labute approximate surface area is 153 Å². The monoisotopic (exact) mass is 350 g/mol. The molecule has 4 nitrogen and oxygen atoms in total. The Bertz CT molecular complexity index is 883. The zero-order valence-corrected chi connectivity index (χ0v) is 15.2. The molecule has 2 aliphatic rings. The van der Waals surface area contributed by atoms with Crippen LogP contribution in [-0.2, 0) is 22.4 Å². The fraction of sp³-hybridized carbons (Fsp3) is 0.318. The SMILES string of the molecule is CC1Cc2ccccc2C1=O.COC(=O)C1(C)Cc2ccccc2C1=O. The molecule has 0 saturated heterocycles. The normalized spacial score (nSPS) is 23.0. The summed E-state index contributed by atoms with van der Waals surface area (Å²) in [6, 6.07) is 15.2. The molecule has 0 bridgehead atoms. The summed E-state index contributed by atoms with van der Waals surface area (Å²) >= 11 is 0. The molecule has 0 aromatic heterocycles. The van der Waals surface area contributed by atoms with E-state index in [1.807, 2.05) is 43.3 Å². The van der Waals surface area contributed by atoms with Gasteiger partial charge in [0.2, 0.25) is 0 Å². The number of Topliss-reactive ketones (excluding diaryl/α,β-unsaturated/α-hetero) is 2. The van der Waals surface area contributed by atoms with Crippen molar-refractivity contribution in [3.05, 3.63) is 70.8 Å². The van der Waals surface area contributed by atoms with Gasteiger partial charge in [-0.25, -0.2) is 0 Å². The molecule has 0 amide bonds. The van der Waals surface area contributed by atoms with Gasteiger partial charge in [0.25, 0.3) is 0 Å². The van der Waals surface area contributed by atoms with Gasteiger partial charge in [0.15, 0.2) is 11.6 Å². The molecule has 2 aromatic carbocycles. The number of ether oxygens (including phenoxy) is 1. The number of methoxy groups -OCH3 is 1. The van der Waals surface area contributed by atoms with Crippen molar-refractivity contribution in [2.45, 2.75) is 26.7 Å². The molecule has 134 valence electrons. The van der Waals surface area contributed by atoms with Crippen molar-refractivity contribution >= 4 is 17.5 Å². The van der Waals surface area contributed by atoms with Crippen molar-refractivity contribution in [1.82, 2.24) is 0 Å². The molecule has 26 heavy (non-hydrogen) atoms. The Balaban J connectivity index is 0.000000158. The second-order valence-electron chi connectivity index (χ2n) is 7.11. The summed E-state index contributed by atoms with van der Waals surface area (Å²) in [5.74, 6) is -0.0818. The first-order valence-electron chi connectivity index (χ1n) is 8.71. The molecule has 0 aliphatic heterocycles. The van der Waals surface area contributed by atoms with E-state index in [9.17, 15) is 14.4 Å². The zero-order valence-electron chi connectivity index (χ0n) is 15.2. The summed E-state index contributed by atoms with van der Waals surface area (Å²) < 4.78 is 4.68. The lowest BCUT2D eigenvalue weighted by Crippen LogP contribution is -2.34. The molecule has 0 heterocycles. The molecular weight excluding hydrogens is 328 g/mol. The maximum absolute atomic E-state index is 12.0. The first-order valence-corrected chi connectivity index (χ1v) is 8.71. The van der Waals surface area contributed by atoms with E-state index >= 15 is 0 Å². The van der Waals surface area contributed by atoms with E-state index in [0.29, 0.717) is 17.8 Å². The van der Waals surface area contributed by atoms with Crippen LogP contribution in [0.2, 0.25) is 0 Å². The molecule has 0 radical (unpaired) electrons. The number of ketones is 2. The Hall–Kier alpha value is -2.75. The van der Waals surface area contributed by atoms with Crippen LogP contribution in [0.15, 0.2) is 48.5 Å². The van der Waals surface area contributed by atoms with Crippen LogP contribution in [0, 0.1) is 11.3 Å². The number of carbonyl (C=O) groups is 3. The molecular formula is C22H22O4. The van der Waals surface area contributed by atoms with E-state index in [0.717, 1.165) is 17.5 Å². The van der Waals surface area contributed by atoms with Crippen LogP contribution in [0.5, 0.6) is 0 Å². The van der Waals surface area contributed by atoms with Crippen molar-refractivity contribution in [2.75, 3.05) is 7.11 Å². The van der Waals surface area contributed by atoms with E-state index in [4.69, 9.17) is 0 Å². The van der Waals surface area contributed by atoms with E-state index in [-0.39, 0.29) is 11.7 Å². The average molecular weight is 350 g/mol. The highest BCUT2D eigenvalue weighted by molar-refractivity contribution is 6.15. The van der Waals surface area contributed by atoms with Gasteiger partial charge in [-0.05, 0) is 30.9 Å². The molecule has 0 N–H and O–H groups in total. The summed E-state index contributed by atoms with van der Waals surface area (Å²) in [4.78, 5) is 35.0. The van der Waals surface area contributed by atoms with Crippen LogP contribution < -0.4 is 0 Å². The molecule has 2 aromatic rings. The first-order chi connectivity index (χ1) is 12.4. The van der Waals surface area contributed by atoms with Gasteiger partial charge in [0, 0.05) is 17.0 Å². The van der Waals surface area contributed by atoms with Crippen molar-refractivity contribution in [3.63, 3.8) is 0 Å². The Morgan fingerprint density at radius 3 is 2.15 bits per heavy atom. The third-order valence-electron chi connectivity index (χ3n) is 5.20. The van der Waals surface area contributed by atoms with E-state index in [1.54, 1.807) is 19.1 Å². The minimum Gasteiger partial charge on any atom is -0.468 e. The first kappa shape index (κ1) is 18.1. The predicted octanol–water partition coefficient (Wildman–Crippen LogP) is 3.67. The van der Waals surface area contributed by atoms with Gasteiger partial charge in [-0.15, -0.1) is 0 Å². The van der Waals surface area contributed by atoms with Gasteiger partial charge >= 0.3 is 5.97 Å². The summed E-state index contributed by atoms with van der Waals surface area (Å²) in [7, 11) is 1.31. The van der Waals surface area contributed by atoms with Crippen molar-refractivity contribution in [3.8, 4) is 0 Å². The van der Waals surface area contributed by atoms with Crippen LogP contribution in [0.25, 0.3) is 0 Å². The highest BCUT2D eigenvalue weighted by Gasteiger charge is 2.48. The minimum absolute atomic E-state index is 0.134. The Morgan fingerprint density at radius 2 is 1.58 bits per heavy atom. The Morgan fingerprint density at radius 1 is 1.00 bits per heavy atom. The summed E-state index contributed by atoms with van der Waals surface area (Å²) in [5, 5.41) is 0. The summed E-state index contributed by atoms with van der Waals surface area (Å²) in [6.45, 7) is 3.63. The predicted molar refractivity (Wildman–Crippen MR) is 98.2 cm³/mol. The quantitative estimate of drug-likeness (QED) is 0.582. The van der Waals surface area contributed by atoms with Crippen molar-refractivity contribution < 1.29 is 19.1 Å². The molecule has 4 rings (SSSR count). The number of benzene rings is 2. The zero-order chi connectivity index (χ0) is 18.9. The average Bonchev–Trinajstić information content (AvgIpc) is 3.10. The van der Waals surface area contributed by atoms with Gasteiger partial charge in [0.05, 0.1) is 7.11 Å². The fourth-order valence-electron chi connectivity index (χ4n) is 3.67. The second-order valence-corrected chi connectivity index (χ2v) is 7.11. The van der Waals surface area contributed by atoms with Crippen molar-refractivity contribution in [2.24, 2.45) is 11.3 Å². The molecule has 4 heteroatoms. The van der Waals surface area contributed by atoms with Gasteiger partial charge in [-0.3, -0.25) is 14.4 Å². The van der Waals surface area contributed by atoms with Crippen LogP contribution in [0.3, 0.4) is 0 Å². The van der Waals surface area contributed by atoms with Gasteiger partial charge in [-0.2, -0.15) is 0 Å². The molecule has 0 spiro atoms. The van der Waals surface area contributed by atoms with Crippen molar-refractivity contribution in [1.29, 1.82) is 0 Å². The molecule has 2 unspecified atom stereocenters. The number of fused-ring (bicyclic) bond motifs is 2. The van der Waals surface area contributed by atoms with Crippen LogP contribution in [0.1, 0.15) is 45.7 Å². The highest BCUT2D eigenvalue weighted by atomic mass is 16.5. The molecule has 0 fully saturated rings. The largest absolute Gasteiger partial charge is 0.468 e. The van der Waals surface area contributed by atoms with Crippen LogP contribution >= 0.6 is 0 Å². The number of rotatable bonds is 1. The maximum Gasteiger partial charge on any atom is 0.319 e. The van der Waals surface area contributed by atoms with E-state index < -0.39 is 11.4 Å². The number of carbonyl (C=O) groups excluding carboxylic acids is 3. The van der Waals surface area contributed by atoms with E-state index in [1.165, 1.54) is 12.7 Å². The summed E-state index contributed by atoms with van der Waals surface area (Å²) in [5.41, 5.74) is 2.68. The molecule has 2 atom stereocenters. The van der Waals surface area contributed by atoms with Gasteiger partial charge in [0.1, 0.15) is 5.41 Å². The Kier molecular flexibility index (Phi) is 4.77. The number of hydrogen-bond acceptors (Lipinski definition) is 4. The third kappa shape index (κ3) is 2.96. The highest BCUT2D eigenvalue weighted by Crippen LogP contribution is 2.37. The molecule has 0 saturated carbocycles. The smallest absolute Gasteiger partial charge is 0.319 e. The minimum atomic E-state index is -1.03. The lowest BCUT2D eigenvalue weighted by atomic mass is 9.86. The van der Waals surface area contributed by atoms with Gasteiger partial charge < -0.3 is 4.74 Å². The standard InChI is InChI=1S/C12H12O3.C10H10O/c1-12(11(14)15-2)7-8-5-3-4-6-9(8)10(12)13;1-7-6-8-4-2-3-5-9(8)10(7)11/h3-6H,7H2,1-2H3;2-5,7H,6H2,1H3. The lowest BCUT2D eigenvalue weighted by Gasteiger charge is -2.17. The van der Waals surface area contributed by atoms with Gasteiger partial charge in [-0.1, -0.05) is 55.5 Å². The lowest BCUT2D eigenvalue weighted by molar-refractivity contribution is -0.148. The number of esters is 1. The third-order valence-corrected chi connectivity index (χ3v) is 5.20. The maximum atomic E-state index is 12.0. The topological polar surface area (TPSA) is 60.4 Å². The van der Waals surface area contributed by atoms with E-state index in [2.05, 4.69) is 4.74 Å². The fourth-order valence-corrected chi connectivity index (χ4v) is 3.67. The molecule has 2 aliphatic carbocycles. The second kappa shape index (κ2) is 6.87. The number of hydrogen-bond donors (Lipinski definition) is 0. The summed E-state index contributed by atoms with van der Waals surface area (Å²) in [6.07, 6.45) is 1.36. The van der Waals surface area contributed by atoms with Crippen LogP contribution in [0.4, 0.5) is 0 Å².